The Morgan fingerprint density at radius 2 is 2.13 bits per heavy atom. The zero-order valence-corrected chi connectivity index (χ0v) is 16.8. The third kappa shape index (κ3) is 5.95. The van der Waals surface area contributed by atoms with Crippen molar-refractivity contribution in [2.75, 3.05) is 7.11 Å². The van der Waals surface area contributed by atoms with Crippen LogP contribution in [-0.4, -0.2) is 21.4 Å². The summed E-state index contributed by atoms with van der Waals surface area (Å²) in [4.78, 5) is 12.8. The number of benzene rings is 1. The SMILES string of the molecule is COc1cc(Cl)ccc1C(=O)NS(=O)(=O)/C=C/c1cccs1.[H-].[Na+]. The summed E-state index contributed by atoms with van der Waals surface area (Å²) in [6.45, 7) is 0. The fraction of sp³-hybridized carbons (Fsp3) is 0.0714. The minimum Gasteiger partial charge on any atom is -1.00 e. The van der Waals surface area contributed by atoms with Crippen LogP contribution in [0, 0.1) is 0 Å². The van der Waals surface area contributed by atoms with Gasteiger partial charge in [0.05, 0.1) is 18.1 Å². The number of hydrogen-bond acceptors (Lipinski definition) is 5. The Morgan fingerprint density at radius 3 is 2.74 bits per heavy atom. The average Bonchev–Trinajstić information content (AvgIpc) is 2.97. The quantitative estimate of drug-likeness (QED) is 0.754. The maximum Gasteiger partial charge on any atom is 1.00 e. The summed E-state index contributed by atoms with van der Waals surface area (Å²) < 4.78 is 30.8. The van der Waals surface area contributed by atoms with E-state index in [4.69, 9.17) is 16.3 Å². The number of halogens is 1. The fourth-order valence-corrected chi connectivity index (χ4v) is 3.24. The normalized spacial score (nSPS) is 11.0. The molecular weight excluding hydrogens is 369 g/mol. The number of rotatable bonds is 5. The van der Waals surface area contributed by atoms with Crippen LogP contribution in [0.3, 0.4) is 0 Å². The molecule has 0 fully saturated rings. The first kappa shape index (κ1) is 20.2. The van der Waals surface area contributed by atoms with Crippen LogP contribution >= 0.6 is 22.9 Å². The second kappa shape index (κ2) is 8.86. The molecule has 2 rings (SSSR count). The molecular formula is C14H13ClNNaO4S2. The molecule has 0 aliphatic heterocycles. The minimum absolute atomic E-state index is 0. The van der Waals surface area contributed by atoms with Gasteiger partial charge in [-0.2, -0.15) is 0 Å². The molecule has 0 saturated carbocycles. The van der Waals surface area contributed by atoms with E-state index in [1.165, 1.54) is 42.7 Å². The van der Waals surface area contributed by atoms with Crippen molar-refractivity contribution in [3.63, 3.8) is 0 Å². The predicted molar refractivity (Wildman–Crippen MR) is 88.9 cm³/mol. The zero-order valence-electron chi connectivity index (χ0n) is 13.4. The molecule has 118 valence electrons. The third-order valence-electron chi connectivity index (χ3n) is 2.60. The number of thiophene rings is 1. The van der Waals surface area contributed by atoms with E-state index in [1.54, 1.807) is 12.1 Å². The Hall–Kier alpha value is -0.830. The van der Waals surface area contributed by atoms with E-state index in [9.17, 15) is 13.2 Å². The molecule has 2 aromatic rings. The molecule has 5 nitrogen and oxygen atoms in total. The summed E-state index contributed by atoms with van der Waals surface area (Å²) in [6, 6.07) is 7.88. The zero-order chi connectivity index (χ0) is 16.2. The van der Waals surface area contributed by atoms with Gasteiger partial charge in [-0.15, -0.1) is 11.3 Å². The van der Waals surface area contributed by atoms with E-state index in [0.29, 0.717) is 5.02 Å². The number of hydrogen-bond donors (Lipinski definition) is 1. The summed E-state index contributed by atoms with van der Waals surface area (Å²) in [5.74, 6) is -0.591. The third-order valence-corrected chi connectivity index (χ3v) is 4.63. The van der Waals surface area contributed by atoms with Gasteiger partial charge in [0.25, 0.3) is 15.9 Å². The van der Waals surface area contributed by atoms with Gasteiger partial charge in [0.15, 0.2) is 0 Å². The van der Waals surface area contributed by atoms with E-state index in [0.717, 1.165) is 10.3 Å². The van der Waals surface area contributed by atoms with E-state index in [1.807, 2.05) is 10.1 Å². The molecule has 1 amide bonds. The molecule has 0 aliphatic rings. The Morgan fingerprint density at radius 1 is 1.39 bits per heavy atom. The number of sulfonamides is 1. The first-order chi connectivity index (χ1) is 10.4. The molecule has 0 aliphatic carbocycles. The van der Waals surface area contributed by atoms with Gasteiger partial charge in [0, 0.05) is 9.90 Å². The van der Waals surface area contributed by atoms with Crippen molar-refractivity contribution in [2.24, 2.45) is 0 Å². The van der Waals surface area contributed by atoms with Crippen LogP contribution in [0.2, 0.25) is 5.02 Å². The van der Waals surface area contributed by atoms with Gasteiger partial charge in [-0.1, -0.05) is 17.7 Å². The Bertz CT molecular complexity index is 810. The number of carbonyl (C=O) groups is 1. The second-order valence-corrected chi connectivity index (χ2v) is 7.12. The van der Waals surface area contributed by atoms with Crippen LogP contribution in [0.1, 0.15) is 16.7 Å². The van der Waals surface area contributed by atoms with E-state index >= 15 is 0 Å². The standard InChI is InChI=1S/C14H12ClNO4S2.Na.H/c1-20-13-9-10(15)4-5-12(13)14(17)16-22(18,19)8-6-11-3-2-7-21-11;;/h2-9H,1H3,(H,16,17);;/q;+1;-1/b8-6+;;. The first-order valence-corrected chi connectivity index (χ1v) is 8.84. The number of methoxy groups -OCH3 is 1. The molecule has 1 aromatic heterocycles. The van der Waals surface area contributed by atoms with Crippen LogP contribution in [0.25, 0.3) is 6.08 Å². The van der Waals surface area contributed by atoms with E-state index in [2.05, 4.69) is 0 Å². The van der Waals surface area contributed by atoms with Crippen molar-refractivity contribution in [2.45, 2.75) is 0 Å². The smallest absolute Gasteiger partial charge is 1.00 e. The Labute approximate surface area is 167 Å². The molecule has 0 saturated heterocycles. The summed E-state index contributed by atoms with van der Waals surface area (Å²) in [6.07, 6.45) is 1.42. The molecule has 0 radical (unpaired) electrons. The molecule has 0 bridgehead atoms. The molecule has 0 atom stereocenters. The first-order valence-electron chi connectivity index (χ1n) is 6.03. The van der Waals surface area contributed by atoms with Gasteiger partial charge in [-0.05, 0) is 35.7 Å². The minimum atomic E-state index is -3.90. The predicted octanol–water partition coefficient (Wildman–Crippen LogP) is 0.257. The van der Waals surface area contributed by atoms with Gasteiger partial charge in [0.2, 0.25) is 0 Å². The van der Waals surface area contributed by atoms with Crippen molar-refractivity contribution in [3.8, 4) is 5.75 Å². The van der Waals surface area contributed by atoms with Gasteiger partial charge >= 0.3 is 29.6 Å². The monoisotopic (exact) mass is 381 g/mol. The molecule has 1 aromatic carbocycles. The second-order valence-electron chi connectivity index (χ2n) is 4.14. The maximum absolute atomic E-state index is 12.1. The number of nitrogens with one attached hydrogen (secondary N) is 1. The van der Waals surface area contributed by atoms with Crippen LogP contribution < -0.4 is 39.0 Å². The fourth-order valence-electron chi connectivity index (χ4n) is 1.61. The van der Waals surface area contributed by atoms with Crippen molar-refractivity contribution >= 4 is 44.9 Å². The van der Waals surface area contributed by atoms with Crippen LogP contribution in [0.5, 0.6) is 5.75 Å². The maximum atomic E-state index is 12.1. The molecule has 1 heterocycles. The molecule has 9 heteroatoms. The number of carbonyl (C=O) groups excluding carboxylic acids is 1. The van der Waals surface area contributed by atoms with Crippen LogP contribution in [-0.2, 0) is 10.0 Å². The van der Waals surface area contributed by atoms with Crippen molar-refractivity contribution in [3.05, 3.63) is 56.6 Å². The summed E-state index contributed by atoms with van der Waals surface area (Å²) in [5, 5.41) is 3.15. The van der Waals surface area contributed by atoms with Crippen LogP contribution in [0.15, 0.2) is 41.1 Å². The Balaban J connectivity index is 0.00000264. The van der Waals surface area contributed by atoms with Crippen molar-refractivity contribution < 1.29 is 48.9 Å². The van der Waals surface area contributed by atoms with Gasteiger partial charge in [-0.25, -0.2) is 13.1 Å². The van der Waals surface area contributed by atoms with E-state index in [-0.39, 0.29) is 42.3 Å². The van der Waals surface area contributed by atoms with Gasteiger partial charge < -0.3 is 6.16 Å². The van der Waals surface area contributed by atoms with E-state index < -0.39 is 15.9 Å². The summed E-state index contributed by atoms with van der Waals surface area (Å²) in [5.41, 5.74) is 0.0833. The van der Waals surface area contributed by atoms with Crippen LogP contribution in [0.4, 0.5) is 0 Å². The average molecular weight is 382 g/mol. The molecule has 23 heavy (non-hydrogen) atoms. The number of amides is 1. The molecule has 1 N–H and O–H groups in total. The molecule has 0 unspecified atom stereocenters. The van der Waals surface area contributed by atoms with Gasteiger partial charge in [-0.3, -0.25) is 4.79 Å². The summed E-state index contributed by atoms with van der Waals surface area (Å²) in [7, 11) is -2.53. The van der Waals surface area contributed by atoms with Crippen molar-refractivity contribution in [1.82, 2.24) is 4.72 Å². The Kier molecular flexibility index (Phi) is 7.79. The topological polar surface area (TPSA) is 72.5 Å². The van der Waals surface area contributed by atoms with Gasteiger partial charge in [0.1, 0.15) is 5.75 Å². The molecule has 0 spiro atoms. The number of ether oxygens (including phenoxy) is 1. The largest absolute Gasteiger partial charge is 1.00 e. The summed E-state index contributed by atoms with van der Waals surface area (Å²) >= 11 is 7.19. The van der Waals surface area contributed by atoms with Crippen molar-refractivity contribution in [1.29, 1.82) is 0 Å².